The van der Waals surface area contributed by atoms with E-state index in [1.165, 1.54) is 0 Å². The number of aliphatic carboxylic acids is 1. The Kier molecular flexibility index (Phi) is 4.09. The van der Waals surface area contributed by atoms with E-state index in [2.05, 4.69) is 36.3 Å². The summed E-state index contributed by atoms with van der Waals surface area (Å²) in [6.45, 7) is 10.2. The average Bonchev–Trinajstić information content (AvgIpc) is 2.62. The van der Waals surface area contributed by atoms with Crippen LogP contribution >= 0.6 is 0 Å². The zero-order chi connectivity index (χ0) is 14.0. The molecule has 1 aromatic heterocycles. The maximum absolute atomic E-state index is 11.3. The fourth-order valence-electron chi connectivity index (χ4n) is 1.61. The zero-order valence-corrected chi connectivity index (χ0v) is 11.8. The third kappa shape index (κ3) is 3.51. The third-order valence-electron chi connectivity index (χ3n) is 3.09. The monoisotopic (exact) mass is 254 g/mol. The van der Waals surface area contributed by atoms with Crippen molar-refractivity contribution >= 4 is 5.97 Å². The summed E-state index contributed by atoms with van der Waals surface area (Å²) in [6, 6.07) is 0. The summed E-state index contributed by atoms with van der Waals surface area (Å²) >= 11 is 0. The molecule has 0 saturated heterocycles. The fraction of sp³-hybridized carbons (Fsp3) is 0.833. The second-order valence-electron chi connectivity index (χ2n) is 6.21. The number of aromatic nitrogens is 4. The highest BCUT2D eigenvalue weighted by atomic mass is 16.4. The number of hydrogen-bond donors (Lipinski definition) is 1. The molecule has 0 saturated carbocycles. The normalized spacial score (nSPS) is 15.4. The first-order valence-electron chi connectivity index (χ1n) is 6.16. The van der Waals surface area contributed by atoms with Gasteiger partial charge in [0.05, 0.1) is 12.0 Å². The van der Waals surface area contributed by atoms with Crippen LogP contribution in [-0.2, 0) is 17.8 Å². The minimum absolute atomic E-state index is 0.0678. The van der Waals surface area contributed by atoms with Gasteiger partial charge < -0.3 is 5.11 Å². The van der Waals surface area contributed by atoms with Crippen molar-refractivity contribution in [2.45, 2.75) is 54.0 Å². The van der Waals surface area contributed by atoms with Crippen molar-refractivity contribution < 1.29 is 9.90 Å². The highest BCUT2D eigenvalue weighted by Gasteiger charge is 2.33. The Morgan fingerprint density at radius 1 is 1.33 bits per heavy atom. The molecule has 102 valence electrons. The van der Waals surface area contributed by atoms with Gasteiger partial charge in [-0.2, -0.15) is 0 Å². The molecule has 6 nitrogen and oxygen atoms in total. The Morgan fingerprint density at radius 3 is 2.39 bits per heavy atom. The summed E-state index contributed by atoms with van der Waals surface area (Å²) in [5.41, 5.74) is -0.764. The largest absolute Gasteiger partial charge is 0.481 e. The molecule has 0 aliphatic rings. The number of carboxylic acids is 1. The van der Waals surface area contributed by atoms with Gasteiger partial charge in [-0.1, -0.05) is 27.7 Å². The first kappa shape index (κ1) is 14.6. The van der Waals surface area contributed by atoms with Crippen LogP contribution in [0, 0.1) is 10.8 Å². The minimum Gasteiger partial charge on any atom is -0.481 e. The van der Waals surface area contributed by atoms with Gasteiger partial charge in [-0.15, -0.1) is 5.10 Å². The third-order valence-corrected chi connectivity index (χ3v) is 3.09. The van der Waals surface area contributed by atoms with Gasteiger partial charge in [0.1, 0.15) is 0 Å². The highest BCUT2D eigenvalue weighted by Crippen LogP contribution is 2.25. The van der Waals surface area contributed by atoms with Crippen LogP contribution in [0.3, 0.4) is 0 Å². The average molecular weight is 254 g/mol. The molecule has 0 aliphatic carbocycles. The first-order chi connectivity index (χ1) is 8.18. The van der Waals surface area contributed by atoms with E-state index in [0.717, 1.165) is 12.2 Å². The maximum atomic E-state index is 11.3. The SMILES string of the molecule is CCC(C)(Cn1nnnc1CC(C)(C)C)C(=O)O. The van der Waals surface area contributed by atoms with Gasteiger partial charge >= 0.3 is 5.97 Å². The molecule has 0 radical (unpaired) electrons. The van der Waals surface area contributed by atoms with Crippen LogP contribution in [0.2, 0.25) is 0 Å². The molecule has 0 fully saturated rings. The van der Waals surface area contributed by atoms with Crippen molar-refractivity contribution in [2.75, 3.05) is 0 Å². The van der Waals surface area contributed by atoms with Gasteiger partial charge in [-0.25, -0.2) is 4.68 Å². The van der Waals surface area contributed by atoms with E-state index >= 15 is 0 Å². The summed E-state index contributed by atoms with van der Waals surface area (Å²) in [7, 11) is 0. The number of nitrogens with zero attached hydrogens (tertiary/aromatic N) is 4. The van der Waals surface area contributed by atoms with Crippen LogP contribution in [-0.4, -0.2) is 31.3 Å². The van der Waals surface area contributed by atoms with Crippen molar-refractivity contribution in [2.24, 2.45) is 10.8 Å². The number of tetrazole rings is 1. The van der Waals surface area contributed by atoms with E-state index in [0.29, 0.717) is 13.0 Å². The van der Waals surface area contributed by atoms with Crippen molar-refractivity contribution in [3.63, 3.8) is 0 Å². The van der Waals surface area contributed by atoms with Crippen LogP contribution in [0.1, 0.15) is 46.9 Å². The van der Waals surface area contributed by atoms with E-state index in [4.69, 9.17) is 0 Å². The van der Waals surface area contributed by atoms with E-state index in [1.54, 1.807) is 11.6 Å². The lowest BCUT2D eigenvalue weighted by atomic mass is 9.87. The van der Waals surface area contributed by atoms with E-state index in [1.807, 2.05) is 6.92 Å². The molecule has 0 amide bonds. The summed E-state index contributed by atoms with van der Waals surface area (Å²) in [6.07, 6.45) is 1.26. The Balaban J connectivity index is 2.92. The summed E-state index contributed by atoms with van der Waals surface area (Å²) < 4.78 is 1.61. The standard InChI is InChI=1S/C12H22N4O2/c1-6-12(5,10(17)18)8-16-9(13-14-15-16)7-11(2,3)4/h6-8H2,1-5H3,(H,17,18). The Bertz CT molecular complexity index is 422. The molecule has 0 spiro atoms. The van der Waals surface area contributed by atoms with E-state index in [-0.39, 0.29) is 5.41 Å². The molecule has 1 N–H and O–H groups in total. The highest BCUT2D eigenvalue weighted by molar-refractivity contribution is 5.73. The molecular formula is C12H22N4O2. The quantitative estimate of drug-likeness (QED) is 0.866. The number of carboxylic acid groups (broad SMARTS) is 1. The molecule has 0 aromatic carbocycles. The second kappa shape index (κ2) is 5.04. The van der Waals surface area contributed by atoms with Gasteiger partial charge in [-0.05, 0) is 29.2 Å². The Labute approximate surface area is 107 Å². The predicted molar refractivity (Wildman–Crippen MR) is 67.0 cm³/mol. The smallest absolute Gasteiger partial charge is 0.311 e. The molecule has 6 heteroatoms. The van der Waals surface area contributed by atoms with Crippen molar-refractivity contribution in [1.29, 1.82) is 0 Å². The van der Waals surface area contributed by atoms with Gasteiger partial charge in [0.2, 0.25) is 0 Å². The molecule has 1 atom stereocenters. The lowest BCUT2D eigenvalue weighted by Gasteiger charge is -2.24. The lowest BCUT2D eigenvalue weighted by Crippen LogP contribution is -2.33. The van der Waals surface area contributed by atoms with Crippen molar-refractivity contribution in [3.8, 4) is 0 Å². The first-order valence-corrected chi connectivity index (χ1v) is 6.16. The number of carbonyl (C=O) groups is 1. The Morgan fingerprint density at radius 2 is 1.94 bits per heavy atom. The second-order valence-corrected chi connectivity index (χ2v) is 6.21. The zero-order valence-electron chi connectivity index (χ0n) is 11.8. The van der Waals surface area contributed by atoms with Crippen LogP contribution in [0.25, 0.3) is 0 Å². The van der Waals surface area contributed by atoms with Crippen LogP contribution < -0.4 is 0 Å². The molecule has 1 heterocycles. The predicted octanol–water partition coefficient (Wildman–Crippen LogP) is 1.76. The molecule has 18 heavy (non-hydrogen) atoms. The molecule has 1 aromatic rings. The van der Waals surface area contributed by atoms with E-state index in [9.17, 15) is 9.90 Å². The van der Waals surface area contributed by atoms with Crippen LogP contribution in [0.5, 0.6) is 0 Å². The summed E-state index contributed by atoms with van der Waals surface area (Å²) in [5.74, 6) is -0.0781. The number of rotatable bonds is 5. The minimum atomic E-state index is -0.831. The van der Waals surface area contributed by atoms with Gasteiger partial charge in [0.25, 0.3) is 0 Å². The van der Waals surface area contributed by atoms with Gasteiger partial charge in [-0.3, -0.25) is 4.79 Å². The molecule has 0 aliphatic heterocycles. The molecule has 1 rings (SSSR count). The van der Waals surface area contributed by atoms with Crippen LogP contribution in [0.15, 0.2) is 0 Å². The molecular weight excluding hydrogens is 232 g/mol. The summed E-state index contributed by atoms with van der Waals surface area (Å²) in [5, 5.41) is 20.8. The Hall–Kier alpha value is -1.46. The lowest BCUT2D eigenvalue weighted by molar-refractivity contribution is -0.149. The van der Waals surface area contributed by atoms with Crippen molar-refractivity contribution in [1.82, 2.24) is 20.2 Å². The topological polar surface area (TPSA) is 80.9 Å². The fourth-order valence-corrected chi connectivity index (χ4v) is 1.61. The molecule has 1 unspecified atom stereocenters. The van der Waals surface area contributed by atoms with E-state index < -0.39 is 11.4 Å². The molecule has 0 bridgehead atoms. The van der Waals surface area contributed by atoms with Gasteiger partial charge in [0, 0.05) is 6.42 Å². The van der Waals surface area contributed by atoms with Crippen LogP contribution in [0.4, 0.5) is 0 Å². The summed E-state index contributed by atoms with van der Waals surface area (Å²) in [4.78, 5) is 11.3. The maximum Gasteiger partial charge on any atom is 0.311 e. The van der Waals surface area contributed by atoms with Crippen molar-refractivity contribution in [3.05, 3.63) is 5.82 Å². The number of hydrogen-bond acceptors (Lipinski definition) is 4. The van der Waals surface area contributed by atoms with Gasteiger partial charge in [0.15, 0.2) is 5.82 Å².